The molecule has 1 aliphatic rings. The number of halogens is 1. The summed E-state index contributed by atoms with van der Waals surface area (Å²) in [6.45, 7) is 0.560. The molecule has 10 nitrogen and oxygen atoms in total. The molecule has 0 bridgehead atoms. The van der Waals surface area contributed by atoms with Gasteiger partial charge in [-0.1, -0.05) is 11.8 Å². The number of imidazole rings is 1. The fourth-order valence-electron chi connectivity index (χ4n) is 2.71. The van der Waals surface area contributed by atoms with Crippen molar-refractivity contribution in [3.05, 3.63) is 22.0 Å². The number of hydrogen-bond acceptors (Lipinski definition) is 9. The van der Waals surface area contributed by atoms with Crippen LogP contribution in [0.1, 0.15) is 6.42 Å². The average molecular weight is 534 g/mol. The van der Waals surface area contributed by atoms with Crippen molar-refractivity contribution in [2.75, 3.05) is 18.3 Å². The highest BCUT2D eigenvalue weighted by molar-refractivity contribution is 14.1. The molecule has 3 heterocycles. The van der Waals surface area contributed by atoms with Crippen LogP contribution in [0.2, 0.25) is 0 Å². The summed E-state index contributed by atoms with van der Waals surface area (Å²) in [5.41, 5.74) is 6.95. The molecule has 1 aliphatic heterocycles. The zero-order valence-corrected chi connectivity index (χ0v) is 18.1. The van der Waals surface area contributed by atoms with E-state index in [2.05, 4.69) is 37.5 Å². The molecule has 0 spiro atoms. The maximum absolute atomic E-state index is 11.3. The first kappa shape index (κ1) is 19.5. The Hall–Kier alpha value is -1.84. The number of anilines is 1. The smallest absolute Gasteiger partial charge is 0.231 e. The van der Waals surface area contributed by atoms with Crippen LogP contribution in [0.3, 0.4) is 0 Å². The number of benzene rings is 1. The molecule has 4 N–H and O–H groups in total. The number of nitrogens with two attached hydrogens (primary N) is 2. The lowest BCUT2D eigenvalue weighted by atomic mass is 10.3. The molecule has 0 saturated carbocycles. The van der Waals surface area contributed by atoms with Gasteiger partial charge < -0.3 is 19.8 Å². The summed E-state index contributed by atoms with van der Waals surface area (Å²) >= 11 is 3.62. The minimum atomic E-state index is -3.55. The number of sulfonamides is 1. The molecular formula is C15H15IN6O4S2. The lowest BCUT2D eigenvalue weighted by Crippen LogP contribution is -2.18. The Morgan fingerprint density at radius 3 is 2.75 bits per heavy atom. The van der Waals surface area contributed by atoms with Gasteiger partial charge in [0.15, 0.2) is 33.6 Å². The monoisotopic (exact) mass is 534 g/mol. The number of rotatable bonds is 6. The number of primary sulfonamides is 1. The van der Waals surface area contributed by atoms with Gasteiger partial charge in [-0.3, -0.25) is 0 Å². The van der Waals surface area contributed by atoms with E-state index in [0.717, 1.165) is 8.47 Å². The van der Waals surface area contributed by atoms with Crippen molar-refractivity contribution >= 4 is 61.4 Å². The molecule has 0 atom stereocenters. The Morgan fingerprint density at radius 2 is 2.00 bits per heavy atom. The first-order valence-electron chi connectivity index (χ1n) is 8.06. The second-order valence-corrected chi connectivity index (χ2v) is 9.84. The summed E-state index contributed by atoms with van der Waals surface area (Å²) in [5, 5.41) is 5.73. The van der Waals surface area contributed by atoms with Crippen LogP contribution in [0.4, 0.5) is 5.82 Å². The second-order valence-electron chi connectivity index (χ2n) is 5.94. The zero-order valence-electron chi connectivity index (χ0n) is 14.3. The van der Waals surface area contributed by atoms with Crippen LogP contribution in [-0.2, 0) is 16.6 Å². The van der Waals surface area contributed by atoms with Crippen LogP contribution in [0, 0.1) is 3.57 Å². The van der Waals surface area contributed by atoms with E-state index < -0.39 is 10.0 Å². The summed E-state index contributed by atoms with van der Waals surface area (Å²) in [7, 11) is -3.55. The molecule has 0 fully saturated rings. The van der Waals surface area contributed by atoms with Crippen molar-refractivity contribution in [2.45, 2.75) is 23.0 Å². The highest BCUT2D eigenvalue weighted by Crippen LogP contribution is 2.41. The van der Waals surface area contributed by atoms with E-state index in [-0.39, 0.29) is 18.4 Å². The summed E-state index contributed by atoms with van der Waals surface area (Å²) in [6.07, 6.45) is 1.67. The zero-order chi connectivity index (χ0) is 19.9. The van der Waals surface area contributed by atoms with Gasteiger partial charge in [0.2, 0.25) is 16.8 Å². The van der Waals surface area contributed by atoms with E-state index in [0.29, 0.717) is 40.8 Å². The Bertz CT molecular complexity index is 1170. The molecule has 1 aromatic carbocycles. The number of aromatic nitrogens is 4. The Morgan fingerprint density at radius 1 is 1.25 bits per heavy atom. The molecule has 0 amide bonds. The van der Waals surface area contributed by atoms with Crippen molar-refractivity contribution in [3.8, 4) is 11.5 Å². The van der Waals surface area contributed by atoms with Gasteiger partial charge in [-0.25, -0.2) is 28.5 Å². The first-order valence-corrected chi connectivity index (χ1v) is 11.7. The van der Waals surface area contributed by atoms with Crippen LogP contribution in [-0.4, -0.2) is 40.5 Å². The van der Waals surface area contributed by atoms with E-state index in [4.69, 9.17) is 20.3 Å². The lowest BCUT2D eigenvalue weighted by Gasteiger charge is -2.09. The molecule has 0 unspecified atom stereocenters. The number of aryl methyl sites for hydroxylation is 1. The maximum atomic E-state index is 11.3. The molecule has 28 heavy (non-hydrogen) atoms. The largest absolute Gasteiger partial charge is 0.454 e. The minimum Gasteiger partial charge on any atom is -0.454 e. The normalized spacial score (nSPS) is 13.4. The predicted octanol–water partition coefficient (Wildman–Crippen LogP) is 1.57. The highest BCUT2D eigenvalue weighted by atomic mass is 127. The number of nitrogens with zero attached hydrogens (tertiary/aromatic N) is 4. The van der Waals surface area contributed by atoms with Crippen molar-refractivity contribution in [2.24, 2.45) is 5.14 Å². The number of ether oxygens (including phenoxy) is 2. The lowest BCUT2D eigenvalue weighted by molar-refractivity contribution is 0.174. The van der Waals surface area contributed by atoms with Gasteiger partial charge >= 0.3 is 0 Å². The third-order valence-electron chi connectivity index (χ3n) is 3.96. The molecule has 3 aromatic rings. The van der Waals surface area contributed by atoms with E-state index in [9.17, 15) is 8.42 Å². The summed E-state index contributed by atoms with van der Waals surface area (Å²) in [6, 6.07) is 3.78. The standard InChI is InChI=1S/C15H15IN6O4S2/c16-8-4-9-10(26-7-25-9)5-11(8)27-15-21-12-13(17)19-6-20-14(12)22(15)2-1-3-28(18,23)24/h4-6H,1-3,7H2,(H2,17,19,20)(H2,18,23,24). The Balaban J connectivity index is 1.71. The third kappa shape index (κ3) is 3.97. The van der Waals surface area contributed by atoms with Crippen LogP contribution >= 0.6 is 34.4 Å². The second kappa shape index (κ2) is 7.53. The molecule has 13 heteroatoms. The molecular weight excluding hydrogens is 519 g/mol. The maximum Gasteiger partial charge on any atom is 0.231 e. The van der Waals surface area contributed by atoms with Gasteiger partial charge in [-0.2, -0.15) is 0 Å². The topological polar surface area (TPSA) is 148 Å². The Kier molecular flexibility index (Phi) is 5.24. The van der Waals surface area contributed by atoms with Gasteiger partial charge in [0.05, 0.1) is 5.75 Å². The molecule has 0 saturated heterocycles. The molecule has 0 radical (unpaired) electrons. The van der Waals surface area contributed by atoms with Gasteiger partial charge in [0.25, 0.3) is 0 Å². The highest BCUT2D eigenvalue weighted by Gasteiger charge is 2.21. The molecule has 0 aliphatic carbocycles. The van der Waals surface area contributed by atoms with E-state index >= 15 is 0 Å². The van der Waals surface area contributed by atoms with Gasteiger partial charge in [-0.05, 0) is 41.1 Å². The van der Waals surface area contributed by atoms with E-state index in [1.807, 2.05) is 16.7 Å². The average Bonchev–Trinajstić information content (AvgIpc) is 3.20. The fraction of sp³-hybridized carbons (Fsp3) is 0.267. The minimum absolute atomic E-state index is 0.140. The SMILES string of the molecule is Nc1ncnc2c1nc(Sc1cc3c(cc1I)OCO3)n2CCCS(N)(=O)=O. The van der Waals surface area contributed by atoms with Crippen molar-refractivity contribution in [1.82, 2.24) is 19.5 Å². The quantitative estimate of drug-likeness (QED) is 0.450. The summed E-state index contributed by atoms with van der Waals surface area (Å²) in [4.78, 5) is 13.7. The Labute approximate surface area is 178 Å². The van der Waals surface area contributed by atoms with Crippen molar-refractivity contribution < 1.29 is 17.9 Å². The van der Waals surface area contributed by atoms with Crippen LogP contribution in [0.5, 0.6) is 11.5 Å². The van der Waals surface area contributed by atoms with E-state index in [1.165, 1.54) is 18.1 Å². The third-order valence-corrected chi connectivity index (χ3v) is 7.13. The van der Waals surface area contributed by atoms with Gasteiger partial charge in [0, 0.05) is 15.0 Å². The van der Waals surface area contributed by atoms with Crippen LogP contribution < -0.4 is 20.3 Å². The van der Waals surface area contributed by atoms with Crippen molar-refractivity contribution in [1.29, 1.82) is 0 Å². The first-order chi connectivity index (χ1) is 13.3. The predicted molar refractivity (Wildman–Crippen MR) is 112 cm³/mol. The number of nitrogen functional groups attached to an aromatic ring is 1. The number of fused-ring (bicyclic) bond motifs is 2. The van der Waals surface area contributed by atoms with Crippen molar-refractivity contribution in [3.63, 3.8) is 0 Å². The van der Waals surface area contributed by atoms with E-state index in [1.54, 1.807) is 0 Å². The van der Waals surface area contributed by atoms with Crippen LogP contribution in [0.15, 0.2) is 28.5 Å². The van der Waals surface area contributed by atoms with Gasteiger partial charge in [-0.15, -0.1) is 0 Å². The van der Waals surface area contributed by atoms with Gasteiger partial charge in [0.1, 0.15) is 6.33 Å². The number of hydrogen-bond donors (Lipinski definition) is 2. The summed E-state index contributed by atoms with van der Waals surface area (Å²) < 4.78 is 36.2. The molecule has 148 valence electrons. The molecule has 4 rings (SSSR count). The molecule has 2 aromatic heterocycles. The fourth-order valence-corrected chi connectivity index (χ4v) is 4.96. The van der Waals surface area contributed by atoms with Crippen LogP contribution in [0.25, 0.3) is 11.2 Å². The summed E-state index contributed by atoms with van der Waals surface area (Å²) in [5.74, 6) is 1.49.